The Labute approximate surface area is 157 Å². The van der Waals surface area contributed by atoms with Crippen LogP contribution in [-0.4, -0.2) is 43.4 Å². The van der Waals surface area contributed by atoms with Gasteiger partial charge in [-0.25, -0.2) is 0 Å². The lowest BCUT2D eigenvalue weighted by molar-refractivity contribution is -0.179. The fourth-order valence-corrected chi connectivity index (χ4v) is 4.20. The maximum absolute atomic E-state index is 12.9. The Bertz CT molecular complexity index is 685. The molecule has 0 spiro atoms. The first kappa shape index (κ1) is 18.8. The highest BCUT2D eigenvalue weighted by Gasteiger charge is 2.55. The van der Waals surface area contributed by atoms with Crippen LogP contribution in [0.1, 0.15) is 32.3 Å². The molecule has 3 atom stereocenters. The summed E-state index contributed by atoms with van der Waals surface area (Å²) < 4.78 is 44.9. The van der Waals surface area contributed by atoms with Crippen LogP contribution in [0.15, 0.2) is 12.1 Å². The number of anilines is 1. The molecule has 0 unspecified atom stereocenters. The first-order chi connectivity index (χ1) is 12.6. The number of rotatable bonds is 4. The van der Waals surface area contributed by atoms with E-state index in [1.165, 1.54) is 0 Å². The van der Waals surface area contributed by atoms with Crippen molar-refractivity contribution in [2.45, 2.75) is 44.5 Å². The summed E-state index contributed by atoms with van der Waals surface area (Å²) in [5, 5.41) is 3.33. The zero-order valence-corrected chi connectivity index (χ0v) is 15.7. The van der Waals surface area contributed by atoms with Crippen molar-refractivity contribution in [2.24, 2.45) is 23.5 Å². The van der Waals surface area contributed by atoms with Gasteiger partial charge >= 0.3 is 6.18 Å². The van der Waals surface area contributed by atoms with E-state index in [0.29, 0.717) is 36.6 Å². The minimum atomic E-state index is -4.12. The zero-order chi connectivity index (χ0) is 19.4. The first-order valence-electron chi connectivity index (χ1n) is 9.63. The van der Waals surface area contributed by atoms with Crippen molar-refractivity contribution in [3.8, 4) is 5.88 Å². The SMILES string of the molecule is CC(C)(N)c1cc(O[C@@H]2[C@@H]3CNC[C@@H]32)nc(N2CCC(C(F)(F)F)CC2)c1. The molecule has 4 rings (SSSR count). The molecule has 0 radical (unpaired) electrons. The highest BCUT2D eigenvalue weighted by atomic mass is 19.4. The van der Waals surface area contributed by atoms with Crippen LogP contribution in [0, 0.1) is 17.8 Å². The number of pyridine rings is 1. The van der Waals surface area contributed by atoms with E-state index in [4.69, 9.17) is 10.5 Å². The third kappa shape index (κ3) is 3.87. The van der Waals surface area contributed by atoms with Gasteiger partial charge in [-0.2, -0.15) is 18.2 Å². The van der Waals surface area contributed by atoms with Crippen LogP contribution >= 0.6 is 0 Å². The van der Waals surface area contributed by atoms with Gasteiger partial charge < -0.3 is 20.7 Å². The summed E-state index contributed by atoms with van der Waals surface area (Å²) in [6, 6.07) is 3.75. The van der Waals surface area contributed by atoms with Crippen molar-refractivity contribution in [3.05, 3.63) is 17.7 Å². The molecule has 1 aromatic rings. The van der Waals surface area contributed by atoms with Crippen molar-refractivity contribution < 1.29 is 17.9 Å². The van der Waals surface area contributed by atoms with E-state index in [0.717, 1.165) is 18.7 Å². The van der Waals surface area contributed by atoms with E-state index in [-0.39, 0.29) is 18.9 Å². The van der Waals surface area contributed by atoms with E-state index >= 15 is 0 Å². The smallest absolute Gasteiger partial charge is 0.391 e. The fraction of sp³-hybridized carbons (Fsp3) is 0.737. The zero-order valence-electron chi connectivity index (χ0n) is 15.7. The summed E-state index contributed by atoms with van der Waals surface area (Å²) in [6.45, 7) is 6.42. The molecule has 0 aromatic carbocycles. The fourth-order valence-electron chi connectivity index (χ4n) is 4.20. The maximum Gasteiger partial charge on any atom is 0.391 e. The molecular formula is C19H27F3N4O. The summed E-state index contributed by atoms with van der Waals surface area (Å²) in [5.74, 6) is 1.03. The molecule has 150 valence electrons. The Kier molecular flexibility index (Phi) is 4.54. The van der Waals surface area contributed by atoms with Crippen molar-refractivity contribution in [1.82, 2.24) is 10.3 Å². The van der Waals surface area contributed by atoms with Gasteiger partial charge in [0.15, 0.2) is 0 Å². The number of alkyl halides is 3. The second-order valence-corrected chi connectivity index (χ2v) is 8.65. The summed E-state index contributed by atoms with van der Waals surface area (Å²) in [4.78, 5) is 6.53. The Morgan fingerprint density at radius 3 is 2.33 bits per heavy atom. The number of nitrogens with zero attached hydrogens (tertiary/aromatic N) is 2. The monoisotopic (exact) mass is 384 g/mol. The Hall–Kier alpha value is -1.54. The quantitative estimate of drug-likeness (QED) is 0.836. The number of ether oxygens (including phenoxy) is 1. The summed E-state index contributed by atoms with van der Waals surface area (Å²) in [7, 11) is 0. The minimum absolute atomic E-state index is 0.0933. The van der Waals surface area contributed by atoms with Crippen molar-refractivity contribution in [1.29, 1.82) is 0 Å². The maximum atomic E-state index is 12.9. The predicted molar refractivity (Wildman–Crippen MR) is 96.7 cm³/mol. The van der Waals surface area contributed by atoms with Crippen LogP contribution < -0.4 is 20.7 Å². The molecule has 3 heterocycles. The molecule has 2 aliphatic heterocycles. The third-order valence-electron chi connectivity index (χ3n) is 6.08. The van der Waals surface area contributed by atoms with Crippen LogP contribution in [0.3, 0.4) is 0 Å². The second-order valence-electron chi connectivity index (χ2n) is 8.65. The molecule has 3 aliphatic rings. The standard InChI is InChI=1S/C19H27F3N4O/c1-18(2,23)12-7-15(26-5-3-11(4-6-26)19(20,21)22)25-16(8-12)27-17-13-9-24-10-14(13)17/h7-8,11,13-14,17,24H,3-6,9-10,23H2,1-2H3/t13-,14+,17-. The Morgan fingerprint density at radius 2 is 1.78 bits per heavy atom. The molecule has 1 aromatic heterocycles. The van der Waals surface area contributed by atoms with Crippen LogP contribution in [-0.2, 0) is 5.54 Å². The van der Waals surface area contributed by atoms with Crippen molar-refractivity contribution in [2.75, 3.05) is 31.1 Å². The lowest BCUT2D eigenvalue weighted by Gasteiger charge is -2.34. The highest BCUT2D eigenvalue weighted by molar-refractivity contribution is 5.46. The lowest BCUT2D eigenvalue weighted by Crippen LogP contribution is -2.39. The largest absolute Gasteiger partial charge is 0.474 e. The van der Waals surface area contributed by atoms with E-state index in [1.807, 2.05) is 30.9 Å². The van der Waals surface area contributed by atoms with Crippen LogP contribution in [0.2, 0.25) is 0 Å². The molecule has 1 saturated carbocycles. The molecule has 2 saturated heterocycles. The van der Waals surface area contributed by atoms with E-state index in [9.17, 15) is 13.2 Å². The van der Waals surface area contributed by atoms with Gasteiger partial charge in [0.05, 0.1) is 5.92 Å². The van der Waals surface area contributed by atoms with Gasteiger partial charge in [0, 0.05) is 49.6 Å². The predicted octanol–water partition coefficient (Wildman–Crippen LogP) is 2.65. The summed E-state index contributed by atoms with van der Waals surface area (Å²) in [6.07, 6.45) is -3.75. The molecule has 3 N–H and O–H groups in total. The number of fused-ring (bicyclic) bond motifs is 1. The van der Waals surface area contributed by atoms with Crippen molar-refractivity contribution >= 4 is 5.82 Å². The number of hydrogen-bond acceptors (Lipinski definition) is 5. The van der Waals surface area contributed by atoms with Crippen LogP contribution in [0.25, 0.3) is 0 Å². The molecule has 3 fully saturated rings. The van der Waals surface area contributed by atoms with Gasteiger partial charge in [-0.15, -0.1) is 0 Å². The number of nitrogens with two attached hydrogens (primary N) is 1. The van der Waals surface area contributed by atoms with Gasteiger partial charge in [0.1, 0.15) is 11.9 Å². The van der Waals surface area contributed by atoms with Crippen LogP contribution in [0.4, 0.5) is 19.0 Å². The minimum Gasteiger partial charge on any atom is -0.474 e. The molecule has 27 heavy (non-hydrogen) atoms. The van der Waals surface area contributed by atoms with Gasteiger partial charge in [-0.1, -0.05) is 0 Å². The Morgan fingerprint density at radius 1 is 1.15 bits per heavy atom. The number of halogens is 3. The molecular weight excluding hydrogens is 357 g/mol. The molecule has 1 aliphatic carbocycles. The van der Waals surface area contributed by atoms with E-state index in [2.05, 4.69) is 10.3 Å². The van der Waals surface area contributed by atoms with Crippen molar-refractivity contribution in [3.63, 3.8) is 0 Å². The average molecular weight is 384 g/mol. The van der Waals surface area contributed by atoms with E-state index < -0.39 is 17.6 Å². The average Bonchev–Trinajstić information content (AvgIpc) is 3.02. The number of aromatic nitrogens is 1. The van der Waals surface area contributed by atoms with Gasteiger partial charge in [0.25, 0.3) is 0 Å². The first-order valence-corrected chi connectivity index (χ1v) is 9.63. The Balaban J connectivity index is 1.52. The normalized spacial score (nSPS) is 29.0. The number of piperidine rings is 2. The van der Waals surface area contributed by atoms with Gasteiger partial charge in [-0.05, 0) is 38.3 Å². The summed E-state index contributed by atoms with van der Waals surface area (Å²) in [5.41, 5.74) is 6.58. The molecule has 5 nitrogen and oxygen atoms in total. The lowest BCUT2D eigenvalue weighted by atomic mass is 9.94. The molecule has 0 bridgehead atoms. The topological polar surface area (TPSA) is 63.4 Å². The van der Waals surface area contributed by atoms with E-state index in [1.54, 1.807) is 0 Å². The summed E-state index contributed by atoms with van der Waals surface area (Å²) >= 11 is 0. The second kappa shape index (κ2) is 6.51. The molecule has 0 amide bonds. The highest BCUT2D eigenvalue weighted by Crippen LogP contribution is 2.45. The molecule has 8 heteroatoms. The number of hydrogen-bond donors (Lipinski definition) is 2. The van der Waals surface area contributed by atoms with Gasteiger partial charge in [0.2, 0.25) is 5.88 Å². The number of nitrogens with one attached hydrogen (secondary N) is 1. The van der Waals surface area contributed by atoms with Gasteiger partial charge in [-0.3, -0.25) is 0 Å². The third-order valence-corrected chi connectivity index (χ3v) is 6.08. The van der Waals surface area contributed by atoms with Crippen LogP contribution in [0.5, 0.6) is 5.88 Å².